The van der Waals surface area contributed by atoms with Crippen LogP contribution in [0, 0.1) is 5.41 Å². The van der Waals surface area contributed by atoms with Crippen LogP contribution in [-0.2, 0) is 4.79 Å². The van der Waals surface area contributed by atoms with Crippen LogP contribution < -0.4 is 0 Å². The van der Waals surface area contributed by atoms with E-state index in [9.17, 15) is 4.79 Å². The van der Waals surface area contributed by atoms with E-state index in [0.29, 0.717) is 0 Å². The standard InChI is InChI=1S/C14H20N2O/c1-14(2,3)13(17)16-9-5-7-12(16)11-6-4-8-15-10-11/h4,6,8,10,12H,5,7,9H2,1-3H3/t12-/m1/s1. The quantitative estimate of drug-likeness (QED) is 0.746. The van der Waals surface area contributed by atoms with Crippen molar-refractivity contribution in [2.45, 2.75) is 39.7 Å². The molecule has 17 heavy (non-hydrogen) atoms. The lowest BCUT2D eigenvalue weighted by Gasteiger charge is -2.31. The Morgan fingerprint density at radius 1 is 1.47 bits per heavy atom. The Bertz CT molecular complexity index is 394. The van der Waals surface area contributed by atoms with Crippen LogP contribution in [0.4, 0.5) is 0 Å². The molecule has 2 rings (SSSR count). The summed E-state index contributed by atoms with van der Waals surface area (Å²) in [5.74, 6) is 0.240. The predicted molar refractivity (Wildman–Crippen MR) is 67.4 cm³/mol. The van der Waals surface area contributed by atoms with Crippen LogP contribution in [0.2, 0.25) is 0 Å². The highest BCUT2D eigenvalue weighted by Crippen LogP contribution is 2.34. The third-order valence-electron chi connectivity index (χ3n) is 3.22. The van der Waals surface area contributed by atoms with Gasteiger partial charge in [0.15, 0.2) is 0 Å². The molecule has 0 bridgehead atoms. The van der Waals surface area contributed by atoms with E-state index in [0.717, 1.165) is 24.9 Å². The lowest BCUT2D eigenvalue weighted by Crippen LogP contribution is -2.38. The summed E-state index contributed by atoms with van der Waals surface area (Å²) in [5.41, 5.74) is 0.854. The van der Waals surface area contributed by atoms with Crippen LogP contribution in [-0.4, -0.2) is 22.3 Å². The van der Waals surface area contributed by atoms with Crippen LogP contribution >= 0.6 is 0 Å². The van der Waals surface area contributed by atoms with Gasteiger partial charge in [0, 0.05) is 24.4 Å². The number of carbonyl (C=O) groups excluding carboxylic acids is 1. The molecule has 2 heterocycles. The topological polar surface area (TPSA) is 33.2 Å². The SMILES string of the molecule is CC(C)(C)C(=O)N1CCC[C@@H]1c1cccnc1. The molecule has 1 fully saturated rings. The zero-order valence-electron chi connectivity index (χ0n) is 10.8. The molecule has 0 saturated carbocycles. The number of hydrogen-bond donors (Lipinski definition) is 0. The minimum atomic E-state index is -0.301. The van der Waals surface area contributed by atoms with Crippen LogP contribution in [0.5, 0.6) is 0 Å². The average Bonchev–Trinajstić information content (AvgIpc) is 2.76. The van der Waals surface area contributed by atoms with Crippen molar-refractivity contribution in [3.05, 3.63) is 30.1 Å². The van der Waals surface area contributed by atoms with Crippen LogP contribution in [0.3, 0.4) is 0 Å². The Hall–Kier alpha value is -1.38. The molecule has 0 N–H and O–H groups in total. The highest BCUT2D eigenvalue weighted by molar-refractivity contribution is 5.82. The Morgan fingerprint density at radius 2 is 2.24 bits per heavy atom. The second-order valence-electron chi connectivity index (χ2n) is 5.69. The summed E-state index contributed by atoms with van der Waals surface area (Å²) in [4.78, 5) is 18.5. The largest absolute Gasteiger partial charge is 0.335 e. The Balaban J connectivity index is 2.22. The van der Waals surface area contributed by atoms with Crippen molar-refractivity contribution in [2.24, 2.45) is 5.41 Å². The van der Waals surface area contributed by atoms with E-state index >= 15 is 0 Å². The number of pyridine rings is 1. The molecule has 3 nitrogen and oxygen atoms in total. The third kappa shape index (κ3) is 2.48. The number of carbonyl (C=O) groups is 1. The van der Waals surface area contributed by atoms with E-state index in [4.69, 9.17) is 0 Å². The van der Waals surface area contributed by atoms with Gasteiger partial charge in [-0.1, -0.05) is 26.8 Å². The normalized spacial score (nSPS) is 20.6. The Labute approximate surface area is 103 Å². The van der Waals surface area contributed by atoms with Crippen LogP contribution in [0.25, 0.3) is 0 Å². The van der Waals surface area contributed by atoms with Crippen LogP contribution in [0.15, 0.2) is 24.5 Å². The first-order valence-corrected chi connectivity index (χ1v) is 6.21. The van der Waals surface area contributed by atoms with Gasteiger partial charge in [0.1, 0.15) is 0 Å². The molecule has 0 aliphatic carbocycles. The summed E-state index contributed by atoms with van der Waals surface area (Å²) in [6, 6.07) is 4.22. The van der Waals surface area contributed by atoms with Gasteiger partial charge >= 0.3 is 0 Å². The first kappa shape index (κ1) is 12.1. The third-order valence-corrected chi connectivity index (χ3v) is 3.22. The van der Waals surface area contributed by atoms with Gasteiger partial charge in [-0.25, -0.2) is 0 Å². The molecule has 1 amide bonds. The maximum Gasteiger partial charge on any atom is 0.228 e. The molecule has 0 spiro atoms. The van der Waals surface area contributed by atoms with E-state index in [1.807, 2.05) is 37.9 Å². The van der Waals surface area contributed by atoms with Crippen molar-refractivity contribution >= 4 is 5.91 Å². The fourth-order valence-electron chi connectivity index (χ4n) is 2.36. The van der Waals surface area contributed by atoms with Crippen molar-refractivity contribution in [1.29, 1.82) is 0 Å². The maximum atomic E-state index is 12.4. The summed E-state index contributed by atoms with van der Waals surface area (Å²) >= 11 is 0. The maximum absolute atomic E-state index is 12.4. The van der Waals surface area contributed by atoms with E-state index in [1.54, 1.807) is 6.20 Å². The van der Waals surface area contributed by atoms with Crippen molar-refractivity contribution in [3.63, 3.8) is 0 Å². The molecule has 92 valence electrons. The number of nitrogens with zero attached hydrogens (tertiary/aromatic N) is 2. The number of likely N-dealkylation sites (tertiary alicyclic amines) is 1. The molecule has 1 saturated heterocycles. The molecule has 0 radical (unpaired) electrons. The van der Waals surface area contributed by atoms with E-state index in [-0.39, 0.29) is 17.4 Å². The zero-order chi connectivity index (χ0) is 12.5. The summed E-state index contributed by atoms with van der Waals surface area (Å²) in [6.07, 6.45) is 5.78. The van der Waals surface area contributed by atoms with E-state index in [1.165, 1.54) is 0 Å². The van der Waals surface area contributed by atoms with Gasteiger partial charge in [0.05, 0.1) is 6.04 Å². The molecular formula is C14H20N2O. The monoisotopic (exact) mass is 232 g/mol. The molecule has 3 heteroatoms. The van der Waals surface area contributed by atoms with Crippen molar-refractivity contribution in [1.82, 2.24) is 9.88 Å². The van der Waals surface area contributed by atoms with Gasteiger partial charge < -0.3 is 4.90 Å². The minimum Gasteiger partial charge on any atom is -0.335 e. The fourth-order valence-corrected chi connectivity index (χ4v) is 2.36. The number of amides is 1. The first-order chi connectivity index (χ1) is 8.00. The lowest BCUT2D eigenvalue weighted by molar-refractivity contribution is -0.140. The number of aromatic nitrogens is 1. The van der Waals surface area contributed by atoms with Crippen molar-refractivity contribution < 1.29 is 4.79 Å². The van der Waals surface area contributed by atoms with Gasteiger partial charge in [0.2, 0.25) is 5.91 Å². The molecule has 0 aromatic carbocycles. The average molecular weight is 232 g/mol. The van der Waals surface area contributed by atoms with Crippen molar-refractivity contribution in [3.8, 4) is 0 Å². The Kier molecular flexibility index (Phi) is 3.18. The first-order valence-electron chi connectivity index (χ1n) is 6.21. The number of hydrogen-bond acceptors (Lipinski definition) is 2. The zero-order valence-corrected chi connectivity index (χ0v) is 10.8. The highest BCUT2D eigenvalue weighted by Gasteiger charge is 2.35. The molecule has 1 aliphatic heterocycles. The van der Waals surface area contributed by atoms with E-state index in [2.05, 4.69) is 11.1 Å². The van der Waals surface area contributed by atoms with Gasteiger partial charge in [-0.2, -0.15) is 0 Å². The summed E-state index contributed by atoms with van der Waals surface area (Å²) in [7, 11) is 0. The van der Waals surface area contributed by atoms with Gasteiger partial charge in [0.25, 0.3) is 0 Å². The second-order valence-corrected chi connectivity index (χ2v) is 5.69. The molecule has 1 aromatic rings. The lowest BCUT2D eigenvalue weighted by atomic mass is 9.93. The highest BCUT2D eigenvalue weighted by atomic mass is 16.2. The second kappa shape index (κ2) is 4.47. The molecule has 0 unspecified atom stereocenters. The smallest absolute Gasteiger partial charge is 0.228 e. The molecular weight excluding hydrogens is 212 g/mol. The minimum absolute atomic E-state index is 0.218. The van der Waals surface area contributed by atoms with Gasteiger partial charge in [-0.15, -0.1) is 0 Å². The Morgan fingerprint density at radius 3 is 2.82 bits per heavy atom. The van der Waals surface area contributed by atoms with Crippen molar-refractivity contribution in [2.75, 3.05) is 6.54 Å². The van der Waals surface area contributed by atoms with E-state index < -0.39 is 0 Å². The van der Waals surface area contributed by atoms with Gasteiger partial charge in [-0.05, 0) is 24.5 Å². The summed E-state index contributed by atoms with van der Waals surface area (Å²) < 4.78 is 0. The summed E-state index contributed by atoms with van der Waals surface area (Å²) in [6.45, 7) is 6.81. The summed E-state index contributed by atoms with van der Waals surface area (Å²) in [5, 5.41) is 0. The predicted octanol–water partition coefficient (Wildman–Crippen LogP) is 2.79. The molecule has 1 aliphatic rings. The molecule has 1 atom stereocenters. The number of rotatable bonds is 1. The van der Waals surface area contributed by atoms with Gasteiger partial charge in [-0.3, -0.25) is 9.78 Å². The fraction of sp³-hybridized carbons (Fsp3) is 0.571. The van der Waals surface area contributed by atoms with Crippen LogP contribution in [0.1, 0.15) is 45.2 Å². The molecule has 1 aromatic heterocycles.